The van der Waals surface area contributed by atoms with Crippen LogP contribution in [0.1, 0.15) is 76.7 Å². The zero-order valence-corrected chi connectivity index (χ0v) is 17.7. The maximum absolute atomic E-state index is 5.80. The molecule has 0 spiro atoms. The predicted molar refractivity (Wildman–Crippen MR) is 120 cm³/mol. The van der Waals surface area contributed by atoms with Crippen molar-refractivity contribution in [1.82, 2.24) is 0 Å². The van der Waals surface area contributed by atoms with Crippen molar-refractivity contribution in [3.63, 3.8) is 0 Å². The first kappa shape index (κ1) is 19.6. The van der Waals surface area contributed by atoms with Gasteiger partial charge < -0.3 is 4.74 Å². The molecule has 2 aromatic rings. The van der Waals surface area contributed by atoms with Gasteiger partial charge >= 0.3 is 0 Å². The van der Waals surface area contributed by atoms with Crippen LogP contribution >= 0.6 is 0 Å². The van der Waals surface area contributed by atoms with Gasteiger partial charge in [-0.25, -0.2) is 0 Å². The standard InChI is InChI=1S/C27H36O/c1-3-5-15-28-27-14-13-25-18-24(11-12-26(25)19-27)23-10-9-21-16-20(6-4-2)7-8-22(21)17-23/h3,5,11-14,18-23H,4,6-10,15-17H2,1-2H3. The lowest BCUT2D eigenvalue weighted by atomic mass is 9.63. The van der Waals surface area contributed by atoms with Gasteiger partial charge in [-0.1, -0.05) is 62.6 Å². The number of ether oxygens (including phenoxy) is 1. The zero-order chi connectivity index (χ0) is 19.3. The Kier molecular flexibility index (Phi) is 6.40. The molecule has 2 aliphatic rings. The quantitative estimate of drug-likeness (QED) is 0.466. The zero-order valence-electron chi connectivity index (χ0n) is 17.7. The summed E-state index contributed by atoms with van der Waals surface area (Å²) in [5.74, 6) is 4.73. The Morgan fingerprint density at radius 3 is 2.57 bits per heavy atom. The topological polar surface area (TPSA) is 9.23 Å². The first-order valence-electron chi connectivity index (χ1n) is 11.5. The normalized spacial score (nSPS) is 27.8. The van der Waals surface area contributed by atoms with Crippen LogP contribution < -0.4 is 4.74 Å². The van der Waals surface area contributed by atoms with E-state index in [1.807, 2.05) is 19.1 Å². The molecule has 2 saturated carbocycles. The van der Waals surface area contributed by atoms with Gasteiger partial charge in [0.1, 0.15) is 12.4 Å². The monoisotopic (exact) mass is 376 g/mol. The van der Waals surface area contributed by atoms with Gasteiger partial charge in [0.15, 0.2) is 0 Å². The number of fused-ring (bicyclic) bond motifs is 2. The summed E-state index contributed by atoms with van der Waals surface area (Å²) in [4.78, 5) is 0. The van der Waals surface area contributed by atoms with Crippen molar-refractivity contribution in [3.8, 4) is 5.75 Å². The minimum atomic E-state index is 0.643. The van der Waals surface area contributed by atoms with E-state index >= 15 is 0 Å². The Balaban J connectivity index is 1.42. The molecule has 4 atom stereocenters. The molecule has 1 nitrogen and oxygen atoms in total. The molecule has 4 rings (SSSR count). The maximum atomic E-state index is 5.80. The summed E-state index contributed by atoms with van der Waals surface area (Å²) in [6.07, 6.45) is 15.6. The van der Waals surface area contributed by atoms with Crippen molar-refractivity contribution in [3.05, 3.63) is 54.1 Å². The first-order chi connectivity index (χ1) is 13.8. The fourth-order valence-electron chi connectivity index (χ4n) is 5.79. The van der Waals surface area contributed by atoms with Crippen LogP contribution in [0.2, 0.25) is 0 Å². The van der Waals surface area contributed by atoms with Crippen molar-refractivity contribution < 1.29 is 4.74 Å². The van der Waals surface area contributed by atoms with E-state index in [2.05, 4.69) is 43.3 Å². The van der Waals surface area contributed by atoms with E-state index in [0.717, 1.165) is 29.4 Å². The number of hydrogen-bond acceptors (Lipinski definition) is 1. The molecule has 0 N–H and O–H groups in total. The first-order valence-corrected chi connectivity index (χ1v) is 11.5. The molecule has 28 heavy (non-hydrogen) atoms. The van der Waals surface area contributed by atoms with Gasteiger partial charge in [0, 0.05) is 0 Å². The van der Waals surface area contributed by atoms with Gasteiger partial charge in [-0.05, 0) is 91.2 Å². The largest absolute Gasteiger partial charge is 0.490 e. The molecule has 1 heteroatoms. The van der Waals surface area contributed by atoms with Gasteiger partial charge in [-0.3, -0.25) is 0 Å². The van der Waals surface area contributed by atoms with Gasteiger partial charge in [0.05, 0.1) is 0 Å². The van der Waals surface area contributed by atoms with E-state index in [1.165, 1.54) is 62.1 Å². The summed E-state index contributed by atoms with van der Waals surface area (Å²) in [6, 6.07) is 13.6. The van der Waals surface area contributed by atoms with Crippen LogP contribution in [0.15, 0.2) is 48.6 Å². The molecule has 0 saturated heterocycles. The average Bonchev–Trinajstić information content (AvgIpc) is 2.73. The minimum absolute atomic E-state index is 0.643. The van der Waals surface area contributed by atoms with E-state index in [-0.39, 0.29) is 0 Å². The molecular formula is C27H36O. The van der Waals surface area contributed by atoms with Gasteiger partial charge in [-0.15, -0.1) is 0 Å². The van der Waals surface area contributed by atoms with E-state index in [1.54, 1.807) is 5.56 Å². The summed E-state index contributed by atoms with van der Waals surface area (Å²) >= 11 is 0. The Morgan fingerprint density at radius 2 is 1.71 bits per heavy atom. The second-order valence-electron chi connectivity index (χ2n) is 9.15. The van der Waals surface area contributed by atoms with Crippen molar-refractivity contribution >= 4 is 10.8 Å². The molecule has 2 aromatic carbocycles. The summed E-state index contributed by atoms with van der Waals surface area (Å²) in [6.45, 7) is 5.01. The lowest BCUT2D eigenvalue weighted by Crippen LogP contribution is -2.30. The highest BCUT2D eigenvalue weighted by atomic mass is 16.5. The SMILES string of the molecule is CC=CCOc1ccc2cc(C3CCC4CC(CCC)CCC4C3)ccc2c1. The fourth-order valence-corrected chi connectivity index (χ4v) is 5.79. The molecule has 0 bridgehead atoms. The molecule has 2 aliphatic carbocycles. The lowest BCUT2D eigenvalue weighted by Gasteiger charge is -2.42. The number of rotatable bonds is 6. The van der Waals surface area contributed by atoms with Crippen LogP contribution in [0.25, 0.3) is 10.8 Å². The summed E-state index contributed by atoms with van der Waals surface area (Å²) < 4.78 is 5.80. The second kappa shape index (κ2) is 9.16. The summed E-state index contributed by atoms with van der Waals surface area (Å²) in [5.41, 5.74) is 1.56. The molecule has 0 radical (unpaired) electrons. The van der Waals surface area contributed by atoms with Crippen LogP contribution in [0.4, 0.5) is 0 Å². The second-order valence-corrected chi connectivity index (χ2v) is 9.15. The number of hydrogen-bond donors (Lipinski definition) is 0. The van der Waals surface area contributed by atoms with Crippen LogP contribution in [-0.2, 0) is 0 Å². The smallest absolute Gasteiger partial charge is 0.120 e. The molecule has 0 aliphatic heterocycles. The Bertz CT molecular complexity index is 805. The van der Waals surface area contributed by atoms with Crippen LogP contribution in [0.3, 0.4) is 0 Å². The van der Waals surface area contributed by atoms with Crippen molar-refractivity contribution in [2.24, 2.45) is 17.8 Å². The molecule has 0 heterocycles. The van der Waals surface area contributed by atoms with E-state index in [9.17, 15) is 0 Å². The Morgan fingerprint density at radius 1 is 0.929 bits per heavy atom. The third-order valence-electron chi connectivity index (χ3n) is 7.31. The van der Waals surface area contributed by atoms with Crippen molar-refractivity contribution in [2.75, 3.05) is 6.61 Å². The Labute approximate surface area is 171 Å². The summed E-state index contributed by atoms with van der Waals surface area (Å²) in [7, 11) is 0. The van der Waals surface area contributed by atoms with E-state index in [4.69, 9.17) is 4.74 Å². The highest BCUT2D eigenvalue weighted by molar-refractivity contribution is 5.84. The fraction of sp³-hybridized carbons (Fsp3) is 0.556. The number of benzene rings is 2. The van der Waals surface area contributed by atoms with Gasteiger partial charge in [0.25, 0.3) is 0 Å². The predicted octanol–water partition coefficient (Wildman–Crippen LogP) is 7.89. The third-order valence-corrected chi connectivity index (χ3v) is 7.31. The lowest BCUT2D eigenvalue weighted by molar-refractivity contribution is 0.114. The van der Waals surface area contributed by atoms with Gasteiger partial charge in [0.2, 0.25) is 0 Å². The van der Waals surface area contributed by atoms with E-state index < -0.39 is 0 Å². The van der Waals surface area contributed by atoms with Gasteiger partial charge in [-0.2, -0.15) is 0 Å². The van der Waals surface area contributed by atoms with Crippen molar-refractivity contribution in [1.29, 1.82) is 0 Å². The molecule has 4 unspecified atom stereocenters. The molecule has 2 fully saturated rings. The van der Waals surface area contributed by atoms with Crippen LogP contribution in [0, 0.1) is 17.8 Å². The maximum Gasteiger partial charge on any atom is 0.120 e. The van der Waals surface area contributed by atoms with Crippen molar-refractivity contribution in [2.45, 2.75) is 71.1 Å². The molecule has 0 amide bonds. The third kappa shape index (κ3) is 4.45. The molecule has 0 aromatic heterocycles. The average molecular weight is 377 g/mol. The highest BCUT2D eigenvalue weighted by Gasteiger charge is 2.35. The minimum Gasteiger partial charge on any atom is -0.490 e. The molecule has 150 valence electrons. The Hall–Kier alpha value is -1.76. The summed E-state index contributed by atoms with van der Waals surface area (Å²) in [5, 5.41) is 2.64. The number of allylic oxidation sites excluding steroid dienone is 1. The molecular weight excluding hydrogens is 340 g/mol. The van der Waals surface area contributed by atoms with Crippen LogP contribution in [0.5, 0.6) is 5.75 Å². The highest BCUT2D eigenvalue weighted by Crippen LogP contribution is 2.48. The van der Waals surface area contributed by atoms with E-state index in [0.29, 0.717) is 6.61 Å². The van der Waals surface area contributed by atoms with Crippen LogP contribution in [-0.4, -0.2) is 6.61 Å².